The Morgan fingerprint density at radius 3 is 2.57 bits per heavy atom. The lowest BCUT2D eigenvalue weighted by Gasteiger charge is -2.33. The number of nitrogens with zero attached hydrogens (tertiary/aromatic N) is 2. The Morgan fingerprint density at radius 1 is 1.21 bits per heavy atom. The molecule has 2 nitrogen and oxygen atoms in total. The Morgan fingerprint density at radius 2 is 1.93 bits per heavy atom. The maximum absolute atomic E-state index is 12.9. The lowest BCUT2D eigenvalue weighted by atomic mass is 10.2. The third-order valence-electron chi connectivity index (χ3n) is 2.61. The number of halogens is 1. The maximum Gasteiger partial charge on any atom is 0.125 e. The fourth-order valence-electron chi connectivity index (χ4n) is 1.68. The van der Waals surface area contributed by atoms with Gasteiger partial charge < -0.3 is 9.80 Å². The SMILES string of the molecule is CN1CCN(c2c[c]cc(F)c2)CC1. The first kappa shape index (κ1) is 9.46. The van der Waals surface area contributed by atoms with E-state index in [1.165, 1.54) is 6.07 Å². The third kappa shape index (κ3) is 2.04. The molecule has 0 unspecified atom stereocenters. The van der Waals surface area contributed by atoms with E-state index in [0.717, 1.165) is 31.9 Å². The molecule has 0 amide bonds. The second kappa shape index (κ2) is 3.96. The Hall–Kier alpha value is -1.09. The molecule has 0 N–H and O–H groups in total. The highest BCUT2D eigenvalue weighted by atomic mass is 19.1. The number of hydrogen-bond donors (Lipinski definition) is 0. The summed E-state index contributed by atoms with van der Waals surface area (Å²) in [5, 5.41) is 0. The number of benzene rings is 1. The summed E-state index contributed by atoms with van der Waals surface area (Å²) >= 11 is 0. The molecule has 1 aliphatic heterocycles. The van der Waals surface area contributed by atoms with E-state index in [1.54, 1.807) is 6.07 Å². The predicted octanol–water partition coefficient (Wildman–Crippen LogP) is 1.38. The molecule has 14 heavy (non-hydrogen) atoms. The molecule has 1 saturated heterocycles. The lowest BCUT2D eigenvalue weighted by molar-refractivity contribution is 0.313. The van der Waals surface area contributed by atoms with Crippen LogP contribution in [0.3, 0.4) is 0 Å². The van der Waals surface area contributed by atoms with Crippen LogP contribution < -0.4 is 4.90 Å². The summed E-state index contributed by atoms with van der Waals surface area (Å²) in [6.45, 7) is 4.01. The monoisotopic (exact) mass is 193 g/mol. The second-order valence-corrected chi connectivity index (χ2v) is 3.70. The van der Waals surface area contributed by atoms with Crippen molar-refractivity contribution in [3.63, 3.8) is 0 Å². The maximum atomic E-state index is 12.9. The number of anilines is 1. The molecular weight excluding hydrogens is 179 g/mol. The van der Waals surface area contributed by atoms with Crippen molar-refractivity contribution >= 4 is 5.69 Å². The molecule has 0 bridgehead atoms. The Bertz CT molecular complexity index is 306. The van der Waals surface area contributed by atoms with Crippen LogP contribution in [0.5, 0.6) is 0 Å². The molecule has 2 rings (SSSR count). The minimum absolute atomic E-state index is 0.207. The molecule has 0 spiro atoms. The predicted molar refractivity (Wildman–Crippen MR) is 54.9 cm³/mol. The van der Waals surface area contributed by atoms with E-state index >= 15 is 0 Å². The Labute approximate surface area is 83.9 Å². The van der Waals surface area contributed by atoms with Crippen molar-refractivity contribution in [1.29, 1.82) is 0 Å². The molecule has 0 aromatic heterocycles. The van der Waals surface area contributed by atoms with Gasteiger partial charge in [0.2, 0.25) is 0 Å². The van der Waals surface area contributed by atoms with Gasteiger partial charge in [-0.05, 0) is 31.3 Å². The summed E-state index contributed by atoms with van der Waals surface area (Å²) in [5.41, 5.74) is 0.943. The molecule has 1 aromatic carbocycles. The van der Waals surface area contributed by atoms with Crippen molar-refractivity contribution in [3.8, 4) is 0 Å². The van der Waals surface area contributed by atoms with Gasteiger partial charge in [0.05, 0.1) is 0 Å². The van der Waals surface area contributed by atoms with Gasteiger partial charge in [-0.15, -0.1) is 0 Å². The van der Waals surface area contributed by atoms with Crippen LogP contribution in [0.25, 0.3) is 0 Å². The van der Waals surface area contributed by atoms with E-state index in [2.05, 4.69) is 22.9 Å². The first-order valence-corrected chi connectivity index (χ1v) is 4.86. The second-order valence-electron chi connectivity index (χ2n) is 3.70. The summed E-state index contributed by atoms with van der Waals surface area (Å²) in [6.07, 6.45) is 0. The van der Waals surface area contributed by atoms with E-state index in [0.29, 0.717) is 0 Å². The van der Waals surface area contributed by atoms with Crippen LogP contribution in [0.15, 0.2) is 18.2 Å². The van der Waals surface area contributed by atoms with Gasteiger partial charge in [-0.25, -0.2) is 4.39 Å². The van der Waals surface area contributed by atoms with Crippen molar-refractivity contribution in [2.75, 3.05) is 38.1 Å². The van der Waals surface area contributed by atoms with Gasteiger partial charge in [0, 0.05) is 31.9 Å². The van der Waals surface area contributed by atoms with E-state index in [9.17, 15) is 4.39 Å². The molecule has 75 valence electrons. The van der Waals surface area contributed by atoms with E-state index in [-0.39, 0.29) is 5.82 Å². The quantitative estimate of drug-likeness (QED) is 0.664. The number of piperazine rings is 1. The normalized spacial score (nSPS) is 18.6. The van der Waals surface area contributed by atoms with E-state index in [4.69, 9.17) is 0 Å². The standard InChI is InChI=1S/C11H14FN2/c1-13-5-7-14(8-6-13)11-4-2-3-10(12)9-11/h3-4,9H,5-8H2,1H3. The molecule has 1 fully saturated rings. The van der Waals surface area contributed by atoms with Gasteiger partial charge in [0.25, 0.3) is 0 Å². The number of rotatable bonds is 1. The summed E-state index contributed by atoms with van der Waals surface area (Å²) in [6, 6.07) is 7.58. The highest BCUT2D eigenvalue weighted by Crippen LogP contribution is 2.16. The van der Waals surface area contributed by atoms with Crippen molar-refractivity contribution in [2.45, 2.75) is 0 Å². The van der Waals surface area contributed by atoms with E-state index in [1.807, 2.05) is 6.07 Å². The van der Waals surface area contributed by atoms with Crippen molar-refractivity contribution < 1.29 is 4.39 Å². The molecule has 0 saturated carbocycles. The summed E-state index contributed by atoms with van der Waals surface area (Å²) in [5.74, 6) is -0.207. The average molecular weight is 193 g/mol. The molecule has 0 atom stereocenters. The van der Waals surface area contributed by atoms with Crippen molar-refractivity contribution in [3.05, 3.63) is 30.1 Å². The van der Waals surface area contributed by atoms with Gasteiger partial charge in [0.15, 0.2) is 0 Å². The number of likely N-dealkylation sites (N-methyl/N-ethyl adjacent to an activating group) is 1. The smallest absolute Gasteiger partial charge is 0.125 e. The van der Waals surface area contributed by atoms with Crippen LogP contribution >= 0.6 is 0 Å². The minimum Gasteiger partial charge on any atom is -0.369 e. The molecule has 3 heteroatoms. The number of hydrogen-bond acceptors (Lipinski definition) is 2. The molecule has 0 aliphatic carbocycles. The fraction of sp³-hybridized carbons (Fsp3) is 0.455. The molecule has 1 aromatic rings. The fourth-order valence-corrected chi connectivity index (χ4v) is 1.68. The van der Waals surface area contributed by atoms with Crippen LogP contribution in [0.2, 0.25) is 0 Å². The van der Waals surface area contributed by atoms with Crippen LogP contribution in [-0.4, -0.2) is 38.1 Å². The summed E-state index contributed by atoms with van der Waals surface area (Å²) in [4.78, 5) is 4.47. The summed E-state index contributed by atoms with van der Waals surface area (Å²) in [7, 11) is 2.11. The van der Waals surface area contributed by atoms with E-state index < -0.39 is 0 Å². The van der Waals surface area contributed by atoms with Gasteiger partial charge in [-0.2, -0.15) is 0 Å². The zero-order valence-corrected chi connectivity index (χ0v) is 8.33. The summed E-state index contributed by atoms with van der Waals surface area (Å²) < 4.78 is 12.9. The first-order valence-electron chi connectivity index (χ1n) is 4.86. The molecular formula is C11H14FN2. The van der Waals surface area contributed by atoms with Gasteiger partial charge in [0.1, 0.15) is 5.82 Å². The highest BCUT2D eigenvalue weighted by Gasteiger charge is 2.14. The van der Waals surface area contributed by atoms with Gasteiger partial charge >= 0.3 is 0 Å². The van der Waals surface area contributed by atoms with Crippen LogP contribution in [-0.2, 0) is 0 Å². The molecule has 1 aliphatic rings. The van der Waals surface area contributed by atoms with Crippen LogP contribution in [0.4, 0.5) is 10.1 Å². The zero-order valence-electron chi connectivity index (χ0n) is 8.33. The van der Waals surface area contributed by atoms with Crippen molar-refractivity contribution in [1.82, 2.24) is 4.90 Å². The Kier molecular flexibility index (Phi) is 2.68. The topological polar surface area (TPSA) is 6.48 Å². The minimum atomic E-state index is -0.207. The zero-order chi connectivity index (χ0) is 9.97. The van der Waals surface area contributed by atoms with Gasteiger partial charge in [-0.1, -0.05) is 0 Å². The van der Waals surface area contributed by atoms with Gasteiger partial charge in [-0.3, -0.25) is 0 Å². The lowest BCUT2D eigenvalue weighted by Crippen LogP contribution is -2.44. The highest BCUT2D eigenvalue weighted by molar-refractivity contribution is 5.46. The van der Waals surface area contributed by atoms with Crippen LogP contribution in [0.1, 0.15) is 0 Å². The largest absolute Gasteiger partial charge is 0.369 e. The first-order chi connectivity index (χ1) is 6.75. The third-order valence-corrected chi connectivity index (χ3v) is 2.61. The Balaban J connectivity index is 2.08. The molecule has 1 heterocycles. The van der Waals surface area contributed by atoms with Crippen LogP contribution in [0, 0.1) is 11.9 Å². The van der Waals surface area contributed by atoms with Crippen molar-refractivity contribution in [2.24, 2.45) is 0 Å². The molecule has 1 radical (unpaired) electrons. The average Bonchev–Trinajstić information content (AvgIpc) is 2.19.